The molecule has 3 heteroatoms. The molecule has 56 valence electrons. The van der Waals surface area contributed by atoms with E-state index in [1.165, 1.54) is 0 Å². The van der Waals surface area contributed by atoms with E-state index in [1.807, 2.05) is 13.8 Å². The normalized spacial score (nSPS) is 23.9. The average Bonchev–Trinajstić information content (AvgIpc) is 1.79. The predicted octanol–water partition coefficient (Wildman–Crippen LogP) is 0.1000. The second-order valence-electron chi connectivity index (χ2n) is 2.88. The Morgan fingerprint density at radius 1 is 1.70 bits per heavy atom. The second kappa shape index (κ2) is 2.40. The van der Waals surface area contributed by atoms with Crippen LogP contribution in [0, 0.1) is 5.92 Å². The zero-order valence-corrected chi connectivity index (χ0v) is 6.18. The third kappa shape index (κ3) is 1.17. The molecule has 1 aliphatic heterocycles. The maximum absolute atomic E-state index is 11.1. The van der Waals surface area contributed by atoms with Gasteiger partial charge in [-0.15, -0.1) is 0 Å². The molecule has 0 aromatic heterocycles. The first-order valence-corrected chi connectivity index (χ1v) is 3.44. The molecule has 1 rings (SSSR count). The minimum absolute atomic E-state index is 0.0148. The van der Waals surface area contributed by atoms with Crippen molar-refractivity contribution in [2.45, 2.75) is 26.3 Å². The van der Waals surface area contributed by atoms with Gasteiger partial charge in [0.05, 0.1) is 12.5 Å². The largest absolute Gasteiger partial charge is 0.346 e. The summed E-state index contributed by atoms with van der Waals surface area (Å²) in [4.78, 5) is 21.4. The van der Waals surface area contributed by atoms with Crippen LogP contribution in [0.2, 0.25) is 0 Å². The van der Waals surface area contributed by atoms with Crippen molar-refractivity contribution in [1.29, 1.82) is 0 Å². The fourth-order valence-electron chi connectivity index (χ4n) is 0.933. The SMILES string of the molecule is CC(C)C(=O)[C@@H]1CC(=O)N1. The Labute approximate surface area is 59.8 Å². The number of β-lactam (4-membered cyclic amide) rings is 1. The van der Waals surface area contributed by atoms with Crippen LogP contribution in [-0.2, 0) is 9.59 Å². The summed E-state index contributed by atoms with van der Waals surface area (Å²) < 4.78 is 0. The number of carbonyl (C=O) groups excluding carboxylic acids is 2. The number of carbonyl (C=O) groups is 2. The maximum Gasteiger partial charge on any atom is 0.223 e. The molecule has 0 spiro atoms. The van der Waals surface area contributed by atoms with Crippen molar-refractivity contribution in [2.75, 3.05) is 0 Å². The van der Waals surface area contributed by atoms with Gasteiger partial charge in [-0.25, -0.2) is 0 Å². The Morgan fingerprint density at radius 2 is 2.20 bits per heavy atom. The zero-order valence-electron chi connectivity index (χ0n) is 6.18. The number of nitrogens with one attached hydrogen (secondary N) is 1. The van der Waals surface area contributed by atoms with Gasteiger partial charge in [0, 0.05) is 5.92 Å². The third-order valence-electron chi connectivity index (χ3n) is 1.64. The Balaban J connectivity index is 2.38. The molecule has 0 aliphatic carbocycles. The zero-order chi connectivity index (χ0) is 7.72. The van der Waals surface area contributed by atoms with Crippen molar-refractivity contribution in [2.24, 2.45) is 5.92 Å². The van der Waals surface area contributed by atoms with Gasteiger partial charge < -0.3 is 5.32 Å². The molecule has 1 fully saturated rings. The van der Waals surface area contributed by atoms with Crippen LogP contribution in [0.5, 0.6) is 0 Å². The van der Waals surface area contributed by atoms with Gasteiger partial charge in [0.1, 0.15) is 0 Å². The van der Waals surface area contributed by atoms with E-state index in [2.05, 4.69) is 5.32 Å². The van der Waals surface area contributed by atoms with Gasteiger partial charge in [-0.05, 0) is 0 Å². The number of amides is 1. The summed E-state index contributed by atoms with van der Waals surface area (Å²) in [5.74, 6) is 0.157. The number of rotatable bonds is 2. The smallest absolute Gasteiger partial charge is 0.223 e. The van der Waals surface area contributed by atoms with Crippen LogP contribution in [0.4, 0.5) is 0 Å². The van der Waals surface area contributed by atoms with Crippen LogP contribution in [0.1, 0.15) is 20.3 Å². The summed E-state index contributed by atoms with van der Waals surface area (Å²) in [6, 6.07) is -0.188. The lowest BCUT2D eigenvalue weighted by Crippen LogP contribution is -2.54. The molecule has 1 N–H and O–H groups in total. The van der Waals surface area contributed by atoms with Gasteiger partial charge >= 0.3 is 0 Å². The number of hydrogen-bond acceptors (Lipinski definition) is 2. The predicted molar refractivity (Wildman–Crippen MR) is 36.4 cm³/mol. The monoisotopic (exact) mass is 141 g/mol. The van der Waals surface area contributed by atoms with Crippen molar-refractivity contribution >= 4 is 11.7 Å². The molecule has 3 nitrogen and oxygen atoms in total. The molecular formula is C7H11NO2. The maximum atomic E-state index is 11.1. The lowest BCUT2D eigenvalue weighted by atomic mass is 9.94. The van der Waals surface area contributed by atoms with Crippen LogP contribution in [0.3, 0.4) is 0 Å². The summed E-state index contributed by atoms with van der Waals surface area (Å²) in [6.07, 6.45) is 0.386. The molecule has 0 unspecified atom stereocenters. The third-order valence-corrected chi connectivity index (χ3v) is 1.64. The Kier molecular flexibility index (Phi) is 1.74. The van der Waals surface area contributed by atoms with Gasteiger partial charge in [0.2, 0.25) is 5.91 Å². The molecule has 0 radical (unpaired) electrons. The van der Waals surface area contributed by atoms with E-state index in [1.54, 1.807) is 0 Å². The lowest BCUT2D eigenvalue weighted by Gasteiger charge is -2.26. The minimum atomic E-state index is -0.188. The topological polar surface area (TPSA) is 46.2 Å². The molecule has 0 aromatic rings. The van der Waals surface area contributed by atoms with E-state index in [9.17, 15) is 9.59 Å². The van der Waals surface area contributed by atoms with E-state index < -0.39 is 0 Å². The molecule has 1 atom stereocenters. The summed E-state index contributed by atoms with van der Waals surface area (Å²) in [5, 5.41) is 2.54. The van der Waals surface area contributed by atoms with Crippen molar-refractivity contribution in [3.05, 3.63) is 0 Å². The van der Waals surface area contributed by atoms with Crippen LogP contribution >= 0.6 is 0 Å². The second-order valence-corrected chi connectivity index (χ2v) is 2.88. The number of hydrogen-bond donors (Lipinski definition) is 1. The van der Waals surface area contributed by atoms with Crippen LogP contribution in [-0.4, -0.2) is 17.7 Å². The lowest BCUT2D eigenvalue weighted by molar-refractivity contribution is -0.137. The van der Waals surface area contributed by atoms with E-state index in [0.717, 1.165) is 0 Å². The Bertz CT molecular complexity index is 166. The minimum Gasteiger partial charge on any atom is -0.346 e. The highest BCUT2D eigenvalue weighted by Gasteiger charge is 2.32. The highest BCUT2D eigenvalue weighted by atomic mass is 16.2. The standard InChI is InChI=1S/C7H11NO2/c1-4(2)7(10)5-3-6(9)8-5/h4-5H,3H2,1-2H3,(H,8,9)/t5-/m0/s1. The first kappa shape index (κ1) is 7.25. The Hall–Kier alpha value is -0.860. The first-order chi connectivity index (χ1) is 4.61. The van der Waals surface area contributed by atoms with E-state index in [0.29, 0.717) is 6.42 Å². The van der Waals surface area contributed by atoms with E-state index >= 15 is 0 Å². The molecule has 0 bridgehead atoms. The number of ketones is 1. The quantitative estimate of drug-likeness (QED) is 0.554. The fourth-order valence-corrected chi connectivity index (χ4v) is 0.933. The highest BCUT2D eigenvalue weighted by molar-refractivity contribution is 5.98. The van der Waals surface area contributed by atoms with Crippen molar-refractivity contribution in [1.82, 2.24) is 5.32 Å². The molecule has 10 heavy (non-hydrogen) atoms. The van der Waals surface area contributed by atoms with E-state index in [-0.39, 0.29) is 23.7 Å². The summed E-state index contributed by atoms with van der Waals surface area (Å²) in [7, 11) is 0. The molecule has 1 saturated heterocycles. The van der Waals surface area contributed by atoms with Crippen molar-refractivity contribution < 1.29 is 9.59 Å². The summed E-state index contributed by atoms with van der Waals surface area (Å²) in [6.45, 7) is 3.68. The fraction of sp³-hybridized carbons (Fsp3) is 0.714. The van der Waals surface area contributed by atoms with Crippen LogP contribution in [0.25, 0.3) is 0 Å². The van der Waals surface area contributed by atoms with Gasteiger partial charge in [0.25, 0.3) is 0 Å². The molecule has 1 heterocycles. The van der Waals surface area contributed by atoms with Crippen LogP contribution < -0.4 is 5.32 Å². The van der Waals surface area contributed by atoms with Gasteiger partial charge in [0.15, 0.2) is 5.78 Å². The Morgan fingerprint density at radius 3 is 2.50 bits per heavy atom. The average molecular weight is 141 g/mol. The van der Waals surface area contributed by atoms with Gasteiger partial charge in [-0.3, -0.25) is 9.59 Å². The van der Waals surface area contributed by atoms with E-state index in [4.69, 9.17) is 0 Å². The highest BCUT2D eigenvalue weighted by Crippen LogP contribution is 2.10. The molecule has 0 aromatic carbocycles. The molecule has 0 saturated carbocycles. The van der Waals surface area contributed by atoms with Gasteiger partial charge in [-0.2, -0.15) is 0 Å². The summed E-state index contributed by atoms with van der Waals surface area (Å²) >= 11 is 0. The van der Waals surface area contributed by atoms with Crippen LogP contribution in [0.15, 0.2) is 0 Å². The summed E-state index contributed by atoms with van der Waals surface area (Å²) in [5.41, 5.74) is 0. The first-order valence-electron chi connectivity index (χ1n) is 3.44. The molecule has 1 amide bonds. The number of Topliss-reactive ketones (excluding diaryl/α,β-unsaturated/α-hetero) is 1. The molecule has 1 aliphatic rings. The van der Waals surface area contributed by atoms with Crippen molar-refractivity contribution in [3.8, 4) is 0 Å². The van der Waals surface area contributed by atoms with Gasteiger partial charge in [-0.1, -0.05) is 13.8 Å². The van der Waals surface area contributed by atoms with Crippen molar-refractivity contribution in [3.63, 3.8) is 0 Å². The molecular weight excluding hydrogens is 130 g/mol.